The van der Waals surface area contributed by atoms with Gasteiger partial charge in [0.15, 0.2) is 0 Å². The van der Waals surface area contributed by atoms with Crippen molar-refractivity contribution in [3.05, 3.63) is 25.5 Å². The zero-order valence-electron chi connectivity index (χ0n) is 6.75. The van der Waals surface area contributed by atoms with E-state index < -0.39 is 27.3 Å². The summed E-state index contributed by atoms with van der Waals surface area (Å²) in [5.41, 5.74) is -1.88. The van der Waals surface area contributed by atoms with E-state index >= 15 is 0 Å². The summed E-state index contributed by atoms with van der Waals surface area (Å²) in [6.45, 7) is 0. The van der Waals surface area contributed by atoms with Crippen LogP contribution in [0.2, 0.25) is 0 Å². The van der Waals surface area contributed by atoms with Gasteiger partial charge in [-0.2, -0.15) is 13.2 Å². The molecule has 0 fully saturated rings. The molecule has 0 aromatic carbocycles. The van der Waals surface area contributed by atoms with Gasteiger partial charge in [-0.05, 0) is 38.5 Å². The number of hydrogen-bond donors (Lipinski definition) is 0. The number of pyridine rings is 1. The molecule has 1 heterocycles. The summed E-state index contributed by atoms with van der Waals surface area (Å²) < 4.78 is 61.0. The fraction of sp³-hybridized carbons (Fsp3) is 0.286. The van der Waals surface area contributed by atoms with Crippen LogP contribution in [0.15, 0.2) is 10.8 Å². The SMILES string of the molecule is FC(F)c1c(Br)ncc(C(F)(F)F)c1I. The molecule has 0 radical (unpaired) electrons. The van der Waals surface area contributed by atoms with Crippen molar-refractivity contribution in [3.8, 4) is 0 Å². The van der Waals surface area contributed by atoms with Gasteiger partial charge in [0.1, 0.15) is 4.60 Å². The summed E-state index contributed by atoms with van der Waals surface area (Å²) in [6.07, 6.45) is -7.15. The molecule has 0 saturated carbocycles. The molecular weight excluding hydrogens is 400 g/mol. The van der Waals surface area contributed by atoms with Crippen molar-refractivity contribution in [2.45, 2.75) is 12.6 Å². The van der Waals surface area contributed by atoms with E-state index in [0.717, 1.165) is 0 Å². The van der Waals surface area contributed by atoms with Crippen LogP contribution in [-0.2, 0) is 6.18 Å². The van der Waals surface area contributed by atoms with Crippen LogP contribution >= 0.6 is 38.5 Å². The maximum Gasteiger partial charge on any atom is 0.418 e. The third-order valence-electron chi connectivity index (χ3n) is 1.53. The minimum Gasteiger partial charge on any atom is -0.248 e. The maximum absolute atomic E-state index is 12.4. The summed E-state index contributed by atoms with van der Waals surface area (Å²) in [5, 5.41) is 0. The van der Waals surface area contributed by atoms with Crippen LogP contribution in [0.1, 0.15) is 17.6 Å². The van der Waals surface area contributed by atoms with Gasteiger partial charge in [-0.15, -0.1) is 0 Å². The molecule has 0 saturated heterocycles. The van der Waals surface area contributed by atoms with Gasteiger partial charge in [0.25, 0.3) is 6.43 Å². The van der Waals surface area contributed by atoms with Gasteiger partial charge in [-0.1, -0.05) is 0 Å². The second-order valence-corrected chi connectivity index (χ2v) is 4.32. The zero-order valence-corrected chi connectivity index (χ0v) is 10.5. The number of alkyl halides is 5. The quantitative estimate of drug-likeness (QED) is 0.386. The summed E-state index contributed by atoms with van der Waals surface area (Å²) >= 11 is 3.92. The van der Waals surface area contributed by atoms with Crippen LogP contribution in [0.25, 0.3) is 0 Å². The number of hydrogen-bond acceptors (Lipinski definition) is 1. The Labute approximate surface area is 103 Å². The van der Waals surface area contributed by atoms with Crippen molar-refractivity contribution in [2.75, 3.05) is 0 Å². The Morgan fingerprint density at radius 3 is 2.27 bits per heavy atom. The lowest BCUT2D eigenvalue weighted by Crippen LogP contribution is -2.11. The first-order chi connectivity index (χ1) is 6.75. The summed E-state index contributed by atoms with van der Waals surface area (Å²) in [4.78, 5) is 3.24. The number of nitrogens with zero attached hydrogens (tertiary/aromatic N) is 1. The Morgan fingerprint density at radius 2 is 1.87 bits per heavy atom. The lowest BCUT2D eigenvalue weighted by molar-refractivity contribution is -0.138. The maximum atomic E-state index is 12.4. The Morgan fingerprint density at radius 1 is 1.33 bits per heavy atom. The highest BCUT2D eigenvalue weighted by atomic mass is 127. The monoisotopic (exact) mass is 401 g/mol. The van der Waals surface area contributed by atoms with E-state index in [2.05, 4.69) is 20.9 Å². The molecule has 0 bridgehead atoms. The molecule has 0 unspecified atom stereocenters. The van der Waals surface area contributed by atoms with Crippen LogP contribution in [0, 0.1) is 3.57 Å². The molecule has 0 N–H and O–H groups in total. The number of aromatic nitrogens is 1. The van der Waals surface area contributed by atoms with E-state index in [1.807, 2.05) is 0 Å². The molecule has 1 aromatic heterocycles. The Bertz CT molecular complexity index is 378. The van der Waals surface area contributed by atoms with Crippen molar-refractivity contribution >= 4 is 38.5 Å². The third-order valence-corrected chi connectivity index (χ3v) is 3.32. The Kier molecular flexibility index (Phi) is 3.90. The Hall–Kier alpha value is 0.01000. The Balaban J connectivity index is 3.42. The van der Waals surface area contributed by atoms with Gasteiger partial charge in [0.2, 0.25) is 0 Å². The third kappa shape index (κ3) is 2.77. The molecule has 84 valence electrons. The molecule has 8 heteroatoms. The van der Waals surface area contributed by atoms with Gasteiger partial charge in [0, 0.05) is 9.77 Å². The molecule has 0 aliphatic carbocycles. The smallest absolute Gasteiger partial charge is 0.248 e. The normalized spacial score (nSPS) is 12.3. The lowest BCUT2D eigenvalue weighted by atomic mass is 10.2. The fourth-order valence-electron chi connectivity index (χ4n) is 0.867. The van der Waals surface area contributed by atoms with Crippen LogP contribution in [-0.4, -0.2) is 4.98 Å². The molecule has 15 heavy (non-hydrogen) atoms. The standard InChI is InChI=1S/C7H2BrF5IN/c8-5-3(6(9)10)4(14)2(1-15-5)7(11,12)13/h1,6H. The van der Waals surface area contributed by atoms with Crippen LogP contribution in [0.4, 0.5) is 22.0 Å². The minimum absolute atomic E-state index is 0.269. The molecule has 1 nitrogen and oxygen atoms in total. The van der Waals surface area contributed by atoms with Crippen molar-refractivity contribution in [1.29, 1.82) is 0 Å². The van der Waals surface area contributed by atoms with Crippen LogP contribution in [0.3, 0.4) is 0 Å². The number of halogens is 7. The van der Waals surface area contributed by atoms with Gasteiger partial charge in [0.05, 0.1) is 11.1 Å². The van der Waals surface area contributed by atoms with E-state index in [9.17, 15) is 22.0 Å². The van der Waals surface area contributed by atoms with E-state index in [1.54, 1.807) is 0 Å². The molecule has 0 aliphatic rings. The average molecular weight is 402 g/mol. The van der Waals surface area contributed by atoms with Crippen LogP contribution < -0.4 is 0 Å². The van der Waals surface area contributed by atoms with Crippen molar-refractivity contribution in [2.24, 2.45) is 0 Å². The van der Waals surface area contributed by atoms with E-state index in [1.165, 1.54) is 22.6 Å². The van der Waals surface area contributed by atoms with E-state index in [-0.39, 0.29) is 4.60 Å². The molecule has 0 spiro atoms. The second kappa shape index (κ2) is 4.48. The molecule has 1 rings (SSSR count). The van der Waals surface area contributed by atoms with Crippen molar-refractivity contribution in [3.63, 3.8) is 0 Å². The zero-order chi connectivity index (χ0) is 11.8. The number of rotatable bonds is 1. The van der Waals surface area contributed by atoms with E-state index in [4.69, 9.17) is 0 Å². The van der Waals surface area contributed by atoms with E-state index in [0.29, 0.717) is 6.20 Å². The summed E-state index contributed by atoms with van der Waals surface area (Å²) in [7, 11) is 0. The predicted molar refractivity (Wildman–Crippen MR) is 54.6 cm³/mol. The predicted octanol–water partition coefficient (Wildman–Crippen LogP) is 4.41. The van der Waals surface area contributed by atoms with Crippen molar-refractivity contribution in [1.82, 2.24) is 4.98 Å². The first kappa shape index (κ1) is 13.1. The topological polar surface area (TPSA) is 12.9 Å². The largest absolute Gasteiger partial charge is 0.418 e. The van der Waals surface area contributed by atoms with Crippen LogP contribution in [0.5, 0.6) is 0 Å². The first-order valence-corrected chi connectivity index (χ1v) is 5.31. The average Bonchev–Trinajstić information content (AvgIpc) is 2.00. The highest BCUT2D eigenvalue weighted by molar-refractivity contribution is 14.1. The molecular formula is C7H2BrF5IN. The first-order valence-electron chi connectivity index (χ1n) is 3.44. The highest BCUT2D eigenvalue weighted by Crippen LogP contribution is 2.38. The van der Waals surface area contributed by atoms with Gasteiger partial charge >= 0.3 is 6.18 Å². The summed E-state index contributed by atoms with van der Waals surface area (Å²) in [5.74, 6) is 0. The van der Waals surface area contributed by atoms with Gasteiger partial charge < -0.3 is 0 Å². The highest BCUT2D eigenvalue weighted by Gasteiger charge is 2.36. The molecule has 0 atom stereocenters. The van der Waals surface area contributed by atoms with Crippen molar-refractivity contribution < 1.29 is 22.0 Å². The minimum atomic E-state index is -4.67. The molecule has 0 amide bonds. The van der Waals surface area contributed by atoms with Gasteiger partial charge in [-0.3, -0.25) is 0 Å². The second-order valence-electron chi connectivity index (χ2n) is 2.49. The van der Waals surface area contributed by atoms with Gasteiger partial charge in [-0.25, -0.2) is 13.8 Å². The molecule has 0 aliphatic heterocycles. The molecule has 1 aromatic rings. The lowest BCUT2D eigenvalue weighted by Gasteiger charge is -2.12. The summed E-state index contributed by atoms with van der Waals surface area (Å²) in [6, 6.07) is 0. The fourth-order valence-corrected chi connectivity index (χ4v) is 2.65.